The van der Waals surface area contributed by atoms with Crippen LogP contribution in [0.15, 0.2) is 52.3 Å². The van der Waals surface area contributed by atoms with Gasteiger partial charge < -0.3 is 9.80 Å². The Labute approximate surface area is 130 Å². The molecule has 2 nitrogen and oxygen atoms in total. The van der Waals surface area contributed by atoms with Crippen LogP contribution in [0.5, 0.6) is 0 Å². The first kappa shape index (κ1) is 13.2. The van der Waals surface area contributed by atoms with Gasteiger partial charge in [0, 0.05) is 22.4 Å². The highest BCUT2D eigenvalue weighted by Crippen LogP contribution is 2.50. The Morgan fingerprint density at radius 2 is 1.86 bits per heavy atom. The molecule has 0 spiro atoms. The Morgan fingerprint density at radius 3 is 2.71 bits per heavy atom. The number of benzene rings is 2. The second-order valence-electron chi connectivity index (χ2n) is 6.10. The number of hydrogen-bond donors (Lipinski definition) is 0. The van der Waals surface area contributed by atoms with Crippen LogP contribution < -0.4 is 4.90 Å². The van der Waals surface area contributed by atoms with Crippen molar-refractivity contribution in [2.45, 2.75) is 28.7 Å². The third kappa shape index (κ3) is 2.16. The maximum atomic E-state index is 2.54. The van der Waals surface area contributed by atoms with E-state index in [1.54, 1.807) is 0 Å². The van der Waals surface area contributed by atoms with Crippen LogP contribution in [-0.2, 0) is 6.42 Å². The van der Waals surface area contributed by atoms with Gasteiger partial charge in [-0.2, -0.15) is 0 Å². The van der Waals surface area contributed by atoms with E-state index < -0.39 is 0 Å². The Balaban J connectivity index is 1.86. The van der Waals surface area contributed by atoms with Crippen molar-refractivity contribution in [1.82, 2.24) is 4.90 Å². The number of anilines is 2. The van der Waals surface area contributed by atoms with Gasteiger partial charge in [-0.15, -0.1) is 0 Å². The maximum absolute atomic E-state index is 2.54. The molecule has 2 aliphatic rings. The van der Waals surface area contributed by atoms with Crippen LogP contribution in [0, 0.1) is 0 Å². The second kappa shape index (κ2) is 5.08. The molecule has 0 N–H and O–H groups in total. The minimum absolute atomic E-state index is 0.624. The van der Waals surface area contributed by atoms with E-state index in [1.807, 2.05) is 11.8 Å². The van der Waals surface area contributed by atoms with Crippen molar-refractivity contribution in [3.05, 3.63) is 48.0 Å². The summed E-state index contributed by atoms with van der Waals surface area (Å²) < 4.78 is 0. The van der Waals surface area contributed by atoms with Crippen molar-refractivity contribution in [3.63, 3.8) is 0 Å². The normalized spacial score (nSPS) is 20.0. The number of likely N-dealkylation sites (N-methyl/N-ethyl adjacent to an activating group) is 1. The van der Waals surface area contributed by atoms with Gasteiger partial charge >= 0.3 is 0 Å². The minimum atomic E-state index is 0.624. The summed E-state index contributed by atoms with van der Waals surface area (Å²) in [4.78, 5) is 7.70. The van der Waals surface area contributed by atoms with Gasteiger partial charge in [0.2, 0.25) is 0 Å². The largest absolute Gasteiger partial charge is 0.339 e. The van der Waals surface area contributed by atoms with Gasteiger partial charge in [-0.3, -0.25) is 0 Å². The highest BCUT2D eigenvalue weighted by Gasteiger charge is 2.30. The average molecular weight is 296 g/mol. The minimum Gasteiger partial charge on any atom is -0.339 e. The number of fused-ring (bicyclic) bond motifs is 2. The summed E-state index contributed by atoms with van der Waals surface area (Å²) in [5.41, 5.74) is 4.32. The lowest BCUT2D eigenvalue weighted by molar-refractivity contribution is 0.283. The fraction of sp³-hybridized carbons (Fsp3) is 0.333. The molecule has 3 heteroatoms. The van der Waals surface area contributed by atoms with E-state index >= 15 is 0 Å². The lowest BCUT2D eigenvalue weighted by Crippen LogP contribution is -2.31. The van der Waals surface area contributed by atoms with Gasteiger partial charge in [0.15, 0.2) is 0 Å². The predicted octanol–water partition coefficient (Wildman–Crippen LogP) is 4.17. The smallest absolute Gasteiger partial charge is 0.0585 e. The van der Waals surface area contributed by atoms with Crippen molar-refractivity contribution >= 4 is 23.1 Å². The molecule has 2 heterocycles. The summed E-state index contributed by atoms with van der Waals surface area (Å²) in [6, 6.07) is 16.2. The van der Waals surface area contributed by atoms with Gasteiger partial charge in [-0.05, 0) is 50.7 Å². The molecule has 0 fully saturated rings. The van der Waals surface area contributed by atoms with Crippen molar-refractivity contribution in [3.8, 4) is 0 Å². The second-order valence-corrected chi connectivity index (χ2v) is 7.18. The van der Waals surface area contributed by atoms with Gasteiger partial charge in [0.05, 0.1) is 11.4 Å². The fourth-order valence-electron chi connectivity index (χ4n) is 3.43. The summed E-state index contributed by atoms with van der Waals surface area (Å²) >= 11 is 1.91. The van der Waals surface area contributed by atoms with Crippen molar-refractivity contribution in [1.29, 1.82) is 0 Å². The first-order valence-electron chi connectivity index (χ1n) is 7.57. The van der Waals surface area contributed by atoms with Crippen molar-refractivity contribution in [2.24, 2.45) is 0 Å². The van der Waals surface area contributed by atoms with Crippen molar-refractivity contribution in [2.75, 3.05) is 25.5 Å². The highest BCUT2D eigenvalue weighted by atomic mass is 32.2. The van der Waals surface area contributed by atoms with Gasteiger partial charge in [0.1, 0.15) is 0 Å². The van der Waals surface area contributed by atoms with E-state index in [0.29, 0.717) is 6.04 Å². The van der Waals surface area contributed by atoms with Crippen LogP contribution in [0.3, 0.4) is 0 Å². The Hall–Kier alpha value is -1.45. The summed E-state index contributed by atoms with van der Waals surface area (Å²) in [5.74, 6) is 0. The van der Waals surface area contributed by atoms with E-state index in [9.17, 15) is 0 Å². The first-order valence-corrected chi connectivity index (χ1v) is 8.38. The zero-order valence-corrected chi connectivity index (χ0v) is 13.4. The molecule has 2 aromatic carbocycles. The monoisotopic (exact) mass is 296 g/mol. The lowest BCUT2D eigenvalue weighted by Gasteiger charge is -2.33. The van der Waals surface area contributed by atoms with E-state index in [2.05, 4.69) is 66.4 Å². The van der Waals surface area contributed by atoms with E-state index in [-0.39, 0.29) is 0 Å². The van der Waals surface area contributed by atoms with Crippen molar-refractivity contribution < 1.29 is 0 Å². The summed E-state index contributed by atoms with van der Waals surface area (Å²) in [7, 11) is 4.40. The Kier molecular flexibility index (Phi) is 3.20. The van der Waals surface area contributed by atoms with Crippen LogP contribution in [-0.4, -0.2) is 31.6 Å². The fourth-order valence-corrected chi connectivity index (χ4v) is 4.58. The van der Waals surface area contributed by atoms with Crippen LogP contribution in [0.1, 0.15) is 12.0 Å². The molecule has 0 amide bonds. The number of nitrogens with zero attached hydrogens (tertiary/aromatic N) is 2. The van der Waals surface area contributed by atoms with Crippen LogP contribution in [0.4, 0.5) is 11.4 Å². The molecule has 0 aromatic heterocycles. The molecule has 4 rings (SSSR count). The molecule has 0 aliphatic carbocycles. The first-order chi connectivity index (χ1) is 10.2. The highest BCUT2D eigenvalue weighted by molar-refractivity contribution is 7.99. The van der Waals surface area contributed by atoms with Crippen LogP contribution >= 0.6 is 11.8 Å². The molecule has 2 aliphatic heterocycles. The quantitative estimate of drug-likeness (QED) is 0.780. The van der Waals surface area contributed by atoms with Crippen LogP contribution in [0.2, 0.25) is 0 Å². The topological polar surface area (TPSA) is 6.48 Å². The average Bonchev–Trinajstić information content (AvgIpc) is 2.69. The molecular weight excluding hydrogens is 276 g/mol. The molecule has 1 atom stereocenters. The Morgan fingerprint density at radius 1 is 1.05 bits per heavy atom. The molecule has 21 heavy (non-hydrogen) atoms. The molecule has 0 saturated carbocycles. The number of hydrogen-bond acceptors (Lipinski definition) is 3. The zero-order valence-electron chi connectivity index (χ0n) is 12.5. The van der Waals surface area contributed by atoms with E-state index in [4.69, 9.17) is 0 Å². The zero-order chi connectivity index (χ0) is 14.4. The summed E-state index contributed by atoms with van der Waals surface area (Å²) in [6.07, 6.45) is 2.36. The molecular formula is C18H20N2S. The van der Waals surface area contributed by atoms with Gasteiger partial charge in [0.25, 0.3) is 0 Å². The molecule has 108 valence electrons. The molecule has 0 bridgehead atoms. The molecule has 0 radical (unpaired) electrons. The van der Waals surface area contributed by atoms with E-state index in [1.165, 1.54) is 33.2 Å². The number of rotatable bonds is 1. The van der Waals surface area contributed by atoms with Gasteiger partial charge in [-0.1, -0.05) is 36.0 Å². The lowest BCUT2D eigenvalue weighted by atomic mass is 10.0. The SMILES string of the molecule is CN(C)[C@H]1CCN2c3ccccc3Sc3cccc(c32)C1. The molecule has 2 aromatic rings. The number of para-hydroxylation sites is 2. The third-order valence-corrected chi connectivity index (χ3v) is 5.71. The standard InChI is InChI=1S/C18H20N2S/c1-19(2)14-10-11-20-15-7-3-4-8-16(15)21-17-9-5-6-13(12-14)18(17)20/h3-9,14H,10-12H2,1-2H3/t14-/m0/s1. The molecule has 0 saturated heterocycles. The Bertz CT molecular complexity index is 681. The van der Waals surface area contributed by atoms with E-state index in [0.717, 1.165) is 13.0 Å². The van der Waals surface area contributed by atoms with Crippen LogP contribution in [0.25, 0.3) is 0 Å². The third-order valence-electron chi connectivity index (χ3n) is 4.60. The maximum Gasteiger partial charge on any atom is 0.0585 e. The predicted molar refractivity (Wildman–Crippen MR) is 89.8 cm³/mol. The molecule has 0 unspecified atom stereocenters. The summed E-state index contributed by atoms with van der Waals surface area (Å²) in [5, 5.41) is 0. The van der Waals surface area contributed by atoms with Gasteiger partial charge in [-0.25, -0.2) is 0 Å². The summed E-state index contributed by atoms with van der Waals surface area (Å²) in [6.45, 7) is 1.10.